The quantitative estimate of drug-likeness (QED) is 0.155. The van der Waals surface area contributed by atoms with Crippen molar-refractivity contribution in [2.24, 2.45) is 0 Å². The fourth-order valence-corrected chi connectivity index (χ4v) is 8.12. The summed E-state index contributed by atoms with van der Waals surface area (Å²) in [5.41, 5.74) is 13.4. The zero-order chi connectivity index (χ0) is 28.2. The Morgan fingerprint density at radius 3 is 2.28 bits per heavy atom. The Labute approximate surface area is 249 Å². The molecule has 10 rings (SSSR count). The lowest BCUT2D eigenvalue weighted by Gasteiger charge is -2.36. The van der Waals surface area contributed by atoms with Gasteiger partial charge in [-0.25, -0.2) is 0 Å². The Kier molecular flexibility index (Phi) is 4.55. The Balaban J connectivity index is 1.18. The fraction of sp³-hybridized carbons (Fsp3) is 0.100. The van der Waals surface area contributed by atoms with Crippen LogP contribution in [0.5, 0.6) is 0 Å². The number of allylic oxidation sites excluding steroid dienone is 2. The van der Waals surface area contributed by atoms with Crippen LogP contribution in [0.2, 0.25) is 0 Å². The molecule has 5 heterocycles. The van der Waals surface area contributed by atoms with Gasteiger partial charge in [-0.1, -0.05) is 60.7 Å². The molecule has 3 heteroatoms. The Bertz CT molecular complexity index is 2460. The average Bonchev–Trinajstić information content (AvgIpc) is 3.55. The van der Waals surface area contributed by atoms with Gasteiger partial charge in [0.25, 0.3) is 0 Å². The van der Waals surface area contributed by atoms with Crippen LogP contribution in [-0.2, 0) is 6.54 Å². The third-order valence-electron chi connectivity index (χ3n) is 10.0. The minimum Gasteiger partial charge on any atom is -0.308 e. The SMILES string of the molecule is Cc1ccccc1-c1cccc[n+]1CC1=CC2c3cc4c(cc3-c3cccc[n+]3C12)c1cccc2c3ccccc3n4c21. The van der Waals surface area contributed by atoms with Gasteiger partial charge >= 0.3 is 0 Å². The normalized spacial score (nSPS) is 17.2. The molecule has 3 nitrogen and oxygen atoms in total. The first-order chi connectivity index (χ1) is 21.3. The summed E-state index contributed by atoms with van der Waals surface area (Å²) in [7, 11) is 0. The van der Waals surface area contributed by atoms with Crippen LogP contribution in [0.4, 0.5) is 0 Å². The molecule has 8 aromatic rings. The van der Waals surface area contributed by atoms with Gasteiger partial charge in [-0.15, -0.1) is 0 Å². The number of rotatable bonds is 3. The van der Waals surface area contributed by atoms with Crippen LogP contribution >= 0.6 is 0 Å². The monoisotopic (exact) mass is 551 g/mol. The maximum Gasteiger partial charge on any atom is 0.213 e. The van der Waals surface area contributed by atoms with Gasteiger partial charge in [0.05, 0.1) is 33.6 Å². The summed E-state index contributed by atoms with van der Waals surface area (Å²) in [6.45, 7) is 3.08. The molecule has 2 unspecified atom stereocenters. The van der Waals surface area contributed by atoms with E-state index >= 15 is 0 Å². The largest absolute Gasteiger partial charge is 0.308 e. The molecule has 4 aromatic heterocycles. The first-order valence-electron chi connectivity index (χ1n) is 15.2. The zero-order valence-corrected chi connectivity index (χ0v) is 23.9. The van der Waals surface area contributed by atoms with Crippen molar-refractivity contribution in [3.8, 4) is 22.5 Å². The van der Waals surface area contributed by atoms with E-state index in [0.717, 1.165) is 6.54 Å². The predicted molar refractivity (Wildman–Crippen MR) is 173 cm³/mol. The van der Waals surface area contributed by atoms with Crippen LogP contribution < -0.4 is 9.13 Å². The average molecular weight is 552 g/mol. The van der Waals surface area contributed by atoms with Crippen molar-refractivity contribution in [3.63, 3.8) is 0 Å². The molecule has 0 fully saturated rings. The van der Waals surface area contributed by atoms with Gasteiger partial charge in [-0.3, -0.25) is 0 Å². The maximum atomic E-state index is 2.53. The Morgan fingerprint density at radius 2 is 1.37 bits per heavy atom. The minimum atomic E-state index is 0.310. The number of hydrogen-bond acceptors (Lipinski definition) is 0. The second-order valence-corrected chi connectivity index (χ2v) is 12.2. The van der Waals surface area contributed by atoms with Crippen LogP contribution in [0, 0.1) is 6.92 Å². The van der Waals surface area contributed by atoms with Gasteiger partial charge in [0.1, 0.15) is 0 Å². The highest BCUT2D eigenvalue weighted by Crippen LogP contribution is 2.51. The van der Waals surface area contributed by atoms with Gasteiger partial charge in [0.15, 0.2) is 25.0 Å². The lowest BCUT2D eigenvalue weighted by atomic mass is 9.71. The summed E-state index contributed by atoms with van der Waals surface area (Å²) in [6, 6.07) is 42.8. The zero-order valence-electron chi connectivity index (χ0n) is 23.9. The molecule has 0 saturated carbocycles. The number of hydrogen-bond donors (Lipinski definition) is 0. The molecular weight excluding hydrogens is 522 g/mol. The maximum absolute atomic E-state index is 2.53. The number of pyridine rings is 2. The van der Waals surface area contributed by atoms with E-state index < -0.39 is 0 Å². The molecule has 2 atom stereocenters. The number of fused-ring (bicyclic) bond motifs is 12. The predicted octanol–water partition coefficient (Wildman–Crippen LogP) is 8.33. The smallest absolute Gasteiger partial charge is 0.213 e. The van der Waals surface area contributed by atoms with E-state index in [0.29, 0.717) is 12.0 Å². The molecule has 0 spiro atoms. The third kappa shape index (κ3) is 3.04. The van der Waals surface area contributed by atoms with Crippen molar-refractivity contribution in [2.45, 2.75) is 25.4 Å². The van der Waals surface area contributed by atoms with Crippen molar-refractivity contribution >= 4 is 38.1 Å². The number of nitrogens with zero attached hydrogens (tertiary/aromatic N) is 3. The van der Waals surface area contributed by atoms with E-state index in [2.05, 4.69) is 154 Å². The van der Waals surface area contributed by atoms with Crippen molar-refractivity contribution in [3.05, 3.63) is 150 Å². The van der Waals surface area contributed by atoms with Crippen LogP contribution in [0.15, 0.2) is 139 Å². The van der Waals surface area contributed by atoms with E-state index in [1.54, 1.807) is 0 Å². The highest BCUT2D eigenvalue weighted by atomic mass is 15.1. The van der Waals surface area contributed by atoms with Crippen LogP contribution in [0.1, 0.15) is 23.1 Å². The van der Waals surface area contributed by atoms with Crippen molar-refractivity contribution in [1.29, 1.82) is 0 Å². The molecule has 0 radical (unpaired) electrons. The minimum absolute atomic E-state index is 0.310. The summed E-state index contributed by atoms with van der Waals surface area (Å²) in [4.78, 5) is 0. The lowest BCUT2D eigenvalue weighted by Crippen LogP contribution is -2.54. The highest BCUT2D eigenvalue weighted by molar-refractivity contribution is 6.23. The number of aryl methyl sites for hydroxylation is 1. The van der Waals surface area contributed by atoms with Gasteiger partial charge < -0.3 is 4.40 Å². The summed E-state index contributed by atoms with van der Waals surface area (Å²) in [6.07, 6.45) is 7.05. The van der Waals surface area contributed by atoms with Crippen molar-refractivity contribution in [2.75, 3.05) is 0 Å². The summed E-state index contributed by atoms with van der Waals surface area (Å²) in [5.74, 6) is 0.349. The topological polar surface area (TPSA) is 12.2 Å². The van der Waals surface area contributed by atoms with Crippen LogP contribution in [0.25, 0.3) is 60.6 Å². The van der Waals surface area contributed by atoms with E-state index in [4.69, 9.17) is 0 Å². The number of para-hydroxylation sites is 2. The van der Waals surface area contributed by atoms with E-state index in [1.807, 2.05) is 0 Å². The highest BCUT2D eigenvalue weighted by Gasteiger charge is 2.49. The van der Waals surface area contributed by atoms with Gasteiger partial charge in [-0.2, -0.15) is 9.13 Å². The van der Waals surface area contributed by atoms with Crippen LogP contribution in [-0.4, -0.2) is 4.40 Å². The lowest BCUT2D eigenvalue weighted by molar-refractivity contribution is -0.726. The van der Waals surface area contributed by atoms with Gasteiger partial charge in [0.2, 0.25) is 11.4 Å². The Hall–Kier alpha value is -5.28. The molecule has 0 N–H and O–H groups in total. The molecule has 1 aliphatic heterocycles. The number of benzene rings is 4. The summed E-state index contributed by atoms with van der Waals surface area (Å²) < 4.78 is 7.46. The molecule has 0 amide bonds. The molecule has 202 valence electrons. The van der Waals surface area contributed by atoms with E-state index in [1.165, 1.54) is 77.3 Å². The van der Waals surface area contributed by atoms with E-state index in [-0.39, 0.29) is 0 Å². The first kappa shape index (κ1) is 23.3. The molecule has 0 saturated heterocycles. The second kappa shape index (κ2) is 8.39. The summed E-state index contributed by atoms with van der Waals surface area (Å²) in [5, 5.41) is 5.34. The standard InChI is InChI=1S/C40H29N3/c1-25-11-2-3-12-27(25)35-16-6-8-19-41(35)24-26-21-34-31-23-38-32(22-33(31)36-17-7-9-20-42(36)39(26)34)30-15-10-14-29-28-13-4-5-18-37(28)43(38)40(29)30/h2-23,34,39H,24H2,1H3/q+2. The molecule has 4 aromatic carbocycles. The molecule has 2 aliphatic rings. The van der Waals surface area contributed by atoms with Gasteiger partial charge in [-0.05, 0) is 54.4 Å². The molecular formula is C40H29N3+2. The molecule has 43 heavy (non-hydrogen) atoms. The van der Waals surface area contributed by atoms with Crippen LogP contribution in [0.3, 0.4) is 0 Å². The number of aromatic nitrogens is 3. The fourth-order valence-electron chi connectivity index (χ4n) is 8.12. The van der Waals surface area contributed by atoms with Gasteiger partial charge in [0, 0.05) is 51.4 Å². The van der Waals surface area contributed by atoms with E-state index in [9.17, 15) is 0 Å². The molecule has 0 bridgehead atoms. The van der Waals surface area contributed by atoms with Crippen molar-refractivity contribution in [1.82, 2.24) is 4.40 Å². The second-order valence-electron chi connectivity index (χ2n) is 12.2. The van der Waals surface area contributed by atoms with Crippen molar-refractivity contribution < 1.29 is 9.13 Å². The molecule has 1 aliphatic carbocycles. The summed E-state index contributed by atoms with van der Waals surface area (Å²) >= 11 is 0. The Morgan fingerprint density at radius 1 is 0.628 bits per heavy atom. The third-order valence-corrected chi connectivity index (χ3v) is 10.0. The first-order valence-corrected chi connectivity index (χ1v) is 15.2.